The van der Waals surface area contributed by atoms with Crippen LogP contribution in [-0.4, -0.2) is 29.7 Å². The minimum atomic E-state index is -1.27. The Morgan fingerprint density at radius 3 is 2.53 bits per heavy atom. The number of ether oxygens (including phenoxy) is 1. The highest BCUT2D eigenvalue weighted by molar-refractivity contribution is 5.82. The predicted molar refractivity (Wildman–Crippen MR) is 142 cm³/mol. The number of benzene rings is 2. The third kappa shape index (κ3) is 8.45. The molecular weight excluding hydrogens is 457 g/mol. The van der Waals surface area contributed by atoms with Crippen LogP contribution in [0.3, 0.4) is 0 Å². The Balaban J connectivity index is 2.51. The van der Waals surface area contributed by atoms with Gasteiger partial charge in [0.1, 0.15) is 11.9 Å². The average molecular weight is 496 g/mol. The van der Waals surface area contributed by atoms with Crippen LogP contribution in [0.25, 0.3) is 11.1 Å². The molecule has 0 radical (unpaired) electrons. The van der Waals surface area contributed by atoms with E-state index in [0.29, 0.717) is 5.56 Å². The molecule has 6 heteroatoms. The first kappa shape index (κ1) is 29.0. The molecule has 2 rings (SSSR count). The van der Waals surface area contributed by atoms with Gasteiger partial charge in [-0.2, -0.15) is 0 Å². The van der Waals surface area contributed by atoms with E-state index in [1.165, 1.54) is 12.1 Å². The molecular formula is C30H38FNO4. The quantitative estimate of drug-likeness (QED) is 0.190. The average Bonchev–Trinajstić information content (AvgIpc) is 2.81. The van der Waals surface area contributed by atoms with Gasteiger partial charge in [0.2, 0.25) is 5.91 Å². The summed E-state index contributed by atoms with van der Waals surface area (Å²) < 4.78 is 19.5. The van der Waals surface area contributed by atoms with E-state index < -0.39 is 24.0 Å². The summed E-state index contributed by atoms with van der Waals surface area (Å²) in [5, 5.41) is 12.9. The molecule has 194 valence electrons. The van der Waals surface area contributed by atoms with E-state index in [1.54, 1.807) is 13.0 Å². The Hall–Kier alpha value is -3.25. The molecule has 0 aliphatic carbocycles. The van der Waals surface area contributed by atoms with Crippen molar-refractivity contribution in [1.29, 1.82) is 0 Å². The highest BCUT2D eigenvalue weighted by atomic mass is 19.1. The first-order valence-electron chi connectivity index (χ1n) is 12.5. The lowest BCUT2D eigenvalue weighted by Gasteiger charge is -2.22. The predicted octanol–water partition coefficient (Wildman–Crippen LogP) is 6.06. The van der Waals surface area contributed by atoms with Crippen molar-refractivity contribution in [2.45, 2.75) is 71.4 Å². The second-order valence-corrected chi connectivity index (χ2v) is 9.03. The summed E-state index contributed by atoms with van der Waals surface area (Å²) in [4.78, 5) is 25.0. The molecule has 0 heterocycles. The Morgan fingerprint density at radius 2 is 1.86 bits per heavy atom. The molecule has 2 aromatic carbocycles. The molecule has 5 nitrogen and oxygen atoms in total. The number of esters is 1. The molecule has 1 amide bonds. The minimum absolute atomic E-state index is 0.0832. The lowest BCUT2D eigenvalue weighted by Crippen LogP contribution is -2.38. The Labute approximate surface area is 214 Å². The Bertz CT molecular complexity index is 1080. The number of carbonyl (C=O) groups excluding carboxylic acids is 2. The number of rotatable bonds is 14. The van der Waals surface area contributed by atoms with Crippen molar-refractivity contribution in [2.24, 2.45) is 0 Å². The van der Waals surface area contributed by atoms with Gasteiger partial charge in [0.15, 0.2) is 0 Å². The van der Waals surface area contributed by atoms with Gasteiger partial charge < -0.3 is 15.2 Å². The van der Waals surface area contributed by atoms with Gasteiger partial charge in [0.25, 0.3) is 0 Å². The van der Waals surface area contributed by atoms with Crippen LogP contribution in [0, 0.1) is 19.7 Å². The zero-order chi connectivity index (χ0) is 26.7. The number of aliphatic hydroxyl groups is 1. The number of aliphatic hydroxyl groups excluding tert-OH is 1. The molecule has 36 heavy (non-hydrogen) atoms. The zero-order valence-electron chi connectivity index (χ0n) is 21.6. The minimum Gasteiger partial charge on any atom is -0.466 e. The van der Waals surface area contributed by atoms with Crippen molar-refractivity contribution in [3.05, 3.63) is 83.7 Å². The standard InChI is InChI=1S/C30H38FNO4/c1-6-9-10-11-13-22-18-25(31)16-21(5)29(22)24-15-20(4)14-23(17-24)26(19-28(34)36-8-3)32-30(35)27(33)12-7-2/h6-7,14-18,26-27,33H,1-2,8-13,19H2,3-5H3,(H,32,35)/t26-,27+/m0/s1. The zero-order valence-corrected chi connectivity index (χ0v) is 21.6. The summed E-state index contributed by atoms with van der Waals surface area (Å²) in [7, 11) is 0. The summed E-state index contributed by atoms with van der Waals surface area (Å²) in [6.07, 6.45) is 5.60. The van der Waals surface area contributed by atoms with Crippen molar-refractivity contribution in [1.82, 2.24) is 5.32 Å². The molecule has 0 unspecified atom stereocenters. The van der Waals surface area contributed by atoms with E-state index in [4.69, 9.17) is 4.74 Å². The molecule has 0 bridgehead atoms. The third-order valence-electron chi connectivity index (χ3n) is 5.96. The fourth-order valence-corrected chi connectivity index (χ4v) is 4.36. The lowest BCUT2D eigenvalue weighted by molar-refractivity contribution is -0.144. The summed E-state index contributed by atoms with van der Waals surface area (Å²) in [5.41, 5.74) is 5.21. The van der Waals surface area contributed by atoms with Gasteiger partial charge in [-0.05, 0) is 92.5 Å². The van der Waals surface area contributed by atoms with Crippen LogP contribution >= 0.6 is 0 Å². The highest BCUT2D eigenvalue weighted by Gasteiger charge is 2.24. The number of nitrogens with one attached hydrogen (secondary N) is 1. The van der Waals surface area contributed by atoms with Crippen molar-refractivity contribution in [3.8, 4) is 11.1 Å². The maximum absolute atomic E-state index is 14.3. The van der Waals surface area contributed by atoms with Crippen molar-refractivity contribution in [3.63, 3.8) is 0 Å². The van der Waals surface area contributed by atoms with Gasteiger partial charge >= 0.3 is 5.97 Å². The second-order valence-electron chi connectivity index (χ2n) is 9.03. The summed E-state index contributed by atoms with van der Waals surface area (Å²) >= 11 is 0. The fraction of sp³-hybridized carbons (Fsp3) is 0.400. The van der Waals surface area contributed by atoms with Crippen LogP contribution in [-0.2, 0) is 20.7 Å². The summed E-state index contributed by atoms with van der Waals surface area (Å²) in [5.74, 6) is -1.32. The van der Waals surface area contributed by atoms with Crippen LogP contribution in [0.1, 0.15) is 67.3 Å². The van der Waals surface area contributed by atoms with Crippen LogP contribution in [0.5, 0.6) is 0 Å². The smallest absolute Gasteiger partial charge is 0.308 e. The molecule has 0 aliphatic heterocycles. The van der Waals surface area contributed by atoms with E-state index in [0.717, 1.165) is 53.5 Å². The number of carbonyl (C=O) groups is 2. The summed E-state index contributed by atoms with van der Waals surface area (Å²) in [6, 6.07) is 8.25. The van der Waals surface area contributed by atoms with Gasteiger partial charge in [0.05, 0.1) is 19.1 Å². The molecule has 2 N–H and O–H groups in total. The van der Waals surface area contributed by atoms with Crippen LogP contribution in [0.4, 0.5) is 4.39 Å². The van der Waals surface area contributed by atoms with E-state index in [9.17, 15) is 19.1 Å². The number of unbranched alkanes of at least 4 members (excludes halogenated alkanes) is 2. The number of hydrogen-bond donors (Lipinski definition) is 2. The molecule has 2 aromatic rings. The topological polar surface area (TPSA) is 75.6 Å². The molecule has 0 aromatic heterocycles. The van der Waals surface area contributed by atoms with Gasteiger partial charge in [-0.15, -0.1) is 13.2 Å². The van der Waals surface area contributed by atoms with Gasteiger partial charge in [0, 0.05) is 6.42 Å². The van der Waals surface area contributed by atoms with E-state index in [-0.39, 0.29) is 25.3 Å². The number of aryl methyl sites for hydroxylation is 3. The normalized spacial score (nSPS) is 12.5. The van der Waals surface area contributed by atoms with Crippen LogP contribution < -0.4 is 5.32 Å². The van der Waals surface area contributed by atoms with Gasteiger partial charge in [-0.1, -0.05) is 29.8 Å². The first-order valence-corrected chi connectivity index (χ1v) is 12.5. The molecule has 0 aliphatic rings. The first-order chi connectivity index (χ1) is 17.2. The van der Waals surface area contributed by atoms with E-state index >= 15 is 0 Å². The lowest BCUT2D eigenvalue weighted by atomic mass is 9.88. The largest absolute Gasteiger partial charge is 0.466 e. The number of allylic oxidation sites excluding steroid dienone is 1. The Kier molecular flexibility index (Phi) is 11.5. The highest BCUT2D eigenvalue weighted by Crippen LogP contribution is 2.33. The monoisotopic (exact) mass is 495 g/mol. The van der Waals surface area contributed by atoms with Crippen LogP contribution in [0.2, 0.25) is 0 Å². The Morgan fingerprint density at radius 1 is 1.11 bits per heavy atom. The summed E-state index contributed by atoms with van der Waals surface area (Å²) in [6.45, 7) is 13.1. The number of amides is 1. The SMILES string of the molecule is C=CCCCCc1cc(F)cc(C)c1-c1cc(C)cc([C@H](CC(=O)OCC)NC(=O)[C@H](O)CC=C)c1. The molecule has 0 saturated carbocycles. The van der Waals surface area contributed by atoms with Gasteiger partial charge in [-0.25, -0.2) is 4.39 Å². The molecule has 2 atom stereocenters. The molecule has 0 saturated heterocycles. The maximum atomic E-state index is 14.3. The van der Waals surface area contributed by atoms with Gasteiger partial charge in [-0.3, -0.25) is 9.59 Å². The van der Waals surface area contributed by atoms with Crippen molar-refractivity contribution >= 4 is 11.9 Å². The number of halogens is 1. The van der Waals surface area contributed by atoms with Crippen molar-refractivity contribution < 1.29 is 23.8 Å². The molecule has 0 fully saturated rings. The molecule has 0 spiro atoms. The maximum Gasteiger partial charge on any atom is 0.308 e. The van der Waals surface area contributed by atoms with E-state index in [2.05, 4.69) is 18.5 Å². The third-order valence-corrected chi connectivity index (χ3v) is 5.96. The second kappa shape index (κ2) is 14.3. The van der Waals surface area contributed by atoms with E-state index in [1.807, 2.05) is 38.1 Å². The fourth-order valence-electron chi connectivity index (χ4n) is 4.36. The van der Waals surface area contributed by atoms with Crippen LogP contribution in [0.15, 0.2) is 55.6 Å². The van der Waals surface area contributed by atoms with Crippen molar-refractivity contribution in [2.75, 3.05) is 6.61 Å². The number of hydrogen-bond acceptors (Lipinski definition) is 4.